The van der Waals surface area contributed by atoms with Crippen molar-refractivity contribution in [1.29, 1.82) is 0 Å². The Morgan fingerprint density at radius 3 is 1.83 bits per heavy atom. The van der Waals surface area contributed by atoms with Gasteiger partial charge in [0.25, 0.3) is 0 Å². The number of ketones is 1. The lowest BCUT2D eigenvalue weighted by atomic mass is 9.86. The summed E-state index contributed by atoms with van der Waals surface area (Å²) in [4.78, 5) is 12.6. The van der Waals surface area contributed by atoms with Crippen molar-refractivity contribution in [3.05, 3.63) is 108 Å². The van der Waals surface area contributed by atoms with Gasteiger partial charge in [0.1, 0.15) is 0 Å². The van der Waals surface area contributed by atoms with E-state index in [4.69, 9.17) is 0 Å². The molecule has 0 aliphatic rings. The van der Waals surface area contributed by atoms with Crippen LogP contribution in [0.1, 0.15) is 33.8 Å². The van der Waals surface area contributed by atoms with Crippen LogP contribution >= 0.6 is 0 Å². The normalized spacial score (nSPS) is 11.8. The van der Waals surface area contributed by atoms with Crippen LogP contribution in [0, 0.1) is 0 Å². The van der Waals surface area contributed by atoms with Crippen LogP contribution < -0.4 is 0 Å². The van der Waals surface area contributed by atoms with Gasteiger partial charge in [0.15, 0.2) is 5.78 Å². The van der Waals surface area contributed by atoms with Crippen molar-refractivity contribution >= 4 is 5.78 Å². The van der Waals surface area contributed by atoms with Gasteiger partial charge in [-0.25, -0.2) is 0 Å². The highest BCUT2D eigenvalue weighted by Gasteiger charge is 2.17. The van der Waals surface area contributed by atoms with Crippen molar-refractivity contribution in [1.82, 2.24) is 0 Å². The number of rotatable bonds is 6. The van der Waals surface area contributed by atoms with Crippen LogP contribution in [0.4, 0.5) is 0 Å². The Bertz CT molecular complexity index is 733. The Morgan fingerprint density at radius 2 is 1.22 bits per heavy atom. The Morgan fingerprint density at radius 1 is 0.696 bits per heavy atom. The molecule has 1 nitrogen and oxygen atoms in total. The third-order valence-electron chi connectivity index (χ3n) is 4.12. The van der Waals surface area contributed by atoms with Crippen molar-refractivity contribution in [3.63, 3.8) is 0 Å². The number of benzene rings is 3. The molecule has 3 aromatic carbocycles. The molecule has 0 radical (unpaired) electrons. The van der Waals surface area contributed by atoms with Crippen molar-refractivity contribution in [2.75, 3.05) is 0 Å². The summed E-state index contributed by atoms with van der Waals surface area (Å²) in [6.45, 7) is 0. The third kappa shape index (κ3) is 4.17. The lowest BCUT2D eigenvalue weighted by Crippen LogP contribution is -2.10. The minimum atomic E-state index is 0.200. The lowest BCUT2D eigenvalue weighted by molar-refractivity contribution is 0.0973. The summed E-state index contributed by atoms with van der Waals surface area (Å²) in [7, 11) is 0. The summed E-state index contributed by atoms with van der Waals surface area (Å²) >= 11 is 0. The molecular formula is C22H20O. The monoisotopic (exact) mass is 300 g/mol. The molecule has 0 spiro atoms. The van der Waals surface area contributed by atoms with Crippen LogP contribution in [0.15, 0.2) is 91.0 Å². The van der Waals surface area contributed by atoms with Gasteiger partial charge in [-0.15, -0.1) is 0 Å². The molecule has 23 heavy (non-hydrogen) atoms. The van der Waals surface area contributed by atoms with Gasteiger partial charge in [0.05, 0.1) is 0 Å². The van der Waals surface area contributed by atoms with E-state index in [-0.39, 0.29) is 11.7 Å². The molecule has 1 unspecified atom stereocenters. The molecule has 0 heterocycles. The molecule has 114 valence electrons. The lowest BCUT2D eigenvalue weighted by Gasteiger charge is -2.17. The highest BCUT2D eigenvalue weighted by Crippen LogP contribution is 2.26. The van der Waals surface area contributed by atoms with E-state index in [9.17, 15) is 4.79 Å². The second-order valence-corrected chi connectivity index (χ2v) is 5.79. The Balaban J connectivity index is 1.82. The number of carbonyl (C=O) groups excluding carboxylic acids is 1. The fourth-order valence-corrected chi connectivity index (χ4v) is 2.90. The first-order valence-corrected chi connectivity index (χ1v) is 8.00. The summed E-state index contributed by atoms with van der Waals surface area (Å²) in [5.41, 5.74) is 3.28. The highest BCUT2D eigenvalue weighted by atomic mass is 16.1. The van der Waals surface area contributed by atoms with Crippen molar-refractivity contribution in [2.45, 2.75) is 18.8 Å². The molecule has 3 aromatic rings. The Hall–Kier alpha value is -2.67. The minimum absolute atomic E-state index is 0.200. The molecule has 0 aromatic heterocycles. The quantitative estimate of drug-likeness (QED) is 0.566. The highest BCUT2D eigenvalue weighted by molar-refractivity contribution is 5.96. The fraction of sp³-hybridized carbons (Fsp3) is 0.136. The molecule has 0 saturated heterocycles. The van der Waals surface area contributed by atoms with E-state index in [1.807, 2.05) is 54.6 Å². The fourth-order valence-electron chi connectivity index (χ4n) is 2.90. The average molecular weight is 300 g/mol. The van der Waals surface area contributed by atoms with E-state index in [0.29, 0.717) is 6.42 Å². The molecule has 0 aliphatic carbocycles. The van der Waals surface area contributed by atoms with Crippen LogP contribution in [0.5, 0.6) is 0 Å². The zero-order valence-electron chi connectivity index (χ0n) is 13.1. The van der Waals surface area contributed by atoms with Gasteiger partial charge < -0.3 is 0 Å². The zero-order valence-corrected chi connectivity index (χ0v) is 13.1. The number of hydrogen-bond donors (Lipinski definition) is 0. The first kappa shape index (κ1) is 15.2. The van der Waals surface area contributed by atoms with Gasteiger partial charge in [0.2, 0.25) is 0 Å². The molecule has 0 N–H and O–H groups in total. The molecule has 1 heteroatoms. The maximum atomic E-state index is 12.6. The maximum Gasteiger partial charge on any atom is 0.163 e. The van der Waals surface area contributed by atoms with Gasteiger partial charge in [-0.3, -0.25) is 4.79 Å². The molecule has 0 saturated carbocycles. The number of hydrogen-bond acceptors (Lipinski definition) is 1. The maximum absolute atomic E-state index is 12.6. The van der Waals surface area contributed by atoms with Crippen LogP contribution in [-0.4, -0.2) is 5.78 Å². The summed E-state index contributed by atoms with van der Waals surface area (Å²) in [5.74, 6) is 0.404. The van der Waals surface area contributed by atoms with Crippen LogP contribution in [-0.2, 0) is 6.42 Å². The molecule has 3 rings (SSSR count). The van der Waals surface area contributed by atoms with E-state index >= 15 is 0 Å². The molecule has 0 aliphatic heterocycles. The minimum Gasteiger partial charge on any atom is -0.294 e. The predicted molar refractivity (Wildman–Crippen MR) is 94.7 cm³/mol. The van der Waals surface area contributed by atoms with E-state index in [0.717, 1.165) is 12.0 Å². The van der Waals surface area contributed by atoms with Crippen molar-refractivity contribution < 1.29 is 4.79 Å². The molecule has 0 fully saturated rings. The molecule has 1 atom stereocenters. The van der Waals surface area contributed by atoms with E-state index < -0.39 is 0 Å². The summed E-state index contributed by atoms with van der Waals surface area (Å²) in [5, 5.41) is 0. The summed E-state index contributed by atoms with van der Waals surface area (Å²) in [6, 6.07) is 30.3. The Kier molecular flexibility index (Phi) is 5.00. The predicted octanol–water partition coefficient (Wildman–Crippen LogP) is 5.29. The smallest absolute Gasteiger partial charge is 0.163 e. The van der Waals surface area contributed by atoms with Gasteiger partial charge in [-0.2, -0.15) is 0 Å². The third-order valence-corrected chi connectivity index (χ3v) is 4.12. The van der Waals surface area contributed by atoms with E-state index in [2.05, 4.69) is 36.4 Å². The summed E-state index contributed by atoms with van der Waals surface area (Å²) in [6.07, 6.45) is 1.41. The number of Topliss-reactive ketones (excluding diaryl/α,β-unsaturated/α-hetero) is 1. The molecule has 0 amide bonds. The first-order chi connectivity index (χ1) is 11.3. The van der Waals surface area contributed by atoms with Gasteiger partial charge in [-0.05, 0) is 23.5 Å². The Labute approximate surface area is 137 Å². The van der Waals surface area contributed by atoms with Gasteiger partial charge in [-0.1, -0.05) is 91.0 Å². The molecule has 0 bridgehead atoms. The largest absolute Gasteiger partial charge is 0.294 e. The van der Waals surface area contributed by atoms with Crippen LogP contribution in [0.2, 0.25) is 0 Å². The van der Waals surface area contributed by atoms with Gasteiger partial charge in [0, 0.05) is 12.0 Å². The van der Waals surface area contributed by atoms with Crippen LogP contribution in [0.25, 0.3) is 0 Å². The van der Waals surface area contributed by atoms with Gasteiger partial charge >= 0.3 is 0 Å². The van der Waals surface area contributed by atoms with E-state index in [1.54, 1.807) is 0 Å². The molecular weight excluding hydrogens is 280 g/mol. The average Bonchev–Trinajstić information content (AvgIpc) is 2.63. The zero-order chi connectivity index (χ0) is 15.9. The second-order valence-electron chi connectivity index (χ2n) is 5.79. The first-order valence-electron chi connectivity index (χ1n) is 8.00. The van der Waals surface area contributed by atoms with Crippen LogP contribution in [0.3, 0.4) is 0 Å². The SMILES string of the molecule is O=C(CC(Cc1ccccc1)c1ccccc1)c1ccccc1. The van der Waals surface area contributed by atoms with Crippen molar-refractivity contribution in [2.24, 2.45) is 0 Å². The summed E-state index contributed by atoms with van der Waals surface area (Å²) < 4.78 is 0. The number of carbonyl (C=O) groups is 1. The topological polar surface area (TPSA) is 17.1 Å². The van der Waals surface area contributed by atoms with E-state index in [1.165, 1.54) is 11.1 Å². The second kappa shape index (κ2) is 7.55. The standard InChI is InChI=1S/C22H20O/c23-22(20-14-8-3-9-15-20)17-21(19-12-6-2-7-13-19)16-18-10-4-1-5-11-18/h1-15,21H,16-17H2. The van der Waals surface area contributed by atoms with Crippen molar-refractivity contribution in [3.8, 4) is 0 Å².